The summed E-state index contributed by atoms with van der Waals surface area (Å²) >= 11 is 0. The number of rotatable bonds is 4. The number of nitrogens with one attached hydrogen (secondary N) is 3. The van der Waals surface area contributed by atoms with Crippen molar-refractivity contribution in [2.24, 2.45) is 5.84 Å². The Morgan fingerprint density at radius 3 is 2.58 bits per heavy atom. The van der Waals surface area contributed by atoms with Gasteiger partial charge in [-0.15, -0.1) is 0 Å². The van der Waals surface area contributed by atoms with Crippen molar-refractivity contribution in [1.29, 1.82) is 0 Å². The van der Waals surface area contributed by atoms with Crippen molar-refractivity contribution in [2.75, 3.05) is 5.43 Å². The van der Waals surface area contributed by atoms with Gasteiger partial charge in [-0.3, -0.25) is 15.6 Å². The van der Waals surface area contributed by atoms with Crippen molar-refractivity contribution in [2.45, 2.75) is 6.92 Å². The van der Waals surface area contributed by atoms with Crippen LogP contribution in [-0.4, -0.2) is 10.9 Å². The van der Waals surface area contributed by atoms with Gasteiger partial charge in [0.05, 0.1) is 5.56 Å². The van der Waals surface area contributed by atoms with Crippen LogP contribution in [0.3, 0.4) is 0 Å². The first-order valence-electron chi connectivity index (χ1n) is 5.75. The second-order valence-corrected chi connectivity index (χ2v) is 3.95. The first-order valence-corrected chi connectivity index (χ1v) is 5.75. The monoisotopic (exact) mass is 257 g/mol. The molecular weight excluding hydrogens is 242 g/mol. The molecule has 19 heavy (non-hydrogen) atoms. The quantitative estimate of drug-likeness (QED) is 0.367. The number of hydrogen-bond donors (Lipinski definition) is 4. The maximum atomic E-state index is 11.2. The average Bonchev–Trinajstić information content (AvgIpc) is 2.98. The lowest BCUT2D eigenvalue weighted by molar-refractivity contribution is 0.0953. The third-order valence-electron chi connectivity index (χ3n) is 2.63. The number of pyridine rings is 1. The molecule has 0 unspecified atom stereocenters. The Kier molecular flexibility index (Phi) is 3.94. The number of nitrogens with zero attached hydrogens (tertiary/aromatic N) is 1. The van der Waals surface area contributed by atoms with E-state index in [0.717, 1.165) is 11.3 Å². The van der Waals surface area contributed by atoms with Gasteiger partial charge in [0.1, 0.15) is 5.82 Å². The molecule has 5 N–H and O–H groups in total. The molecule has 1 amide bonds. The fourth-order valence-electron chi connectivity index (χ4n) is 1.54. The van der Waals surface area contributed by atoms with Crippen LogP contribution >= 0.6 is 0 Å². The summed E-state index contributed by atoms with van der Waals surface area (Å²) in [5.41, 5.74) is 10.5. The van der Waals surface area contributed by atoms with Crippen LogP contribution in [0.4, 0.5) is 5.82 Å². The summed E-state index contributed by atoms with van der Waals surface area (Å²) in [5, 5.41) is 0. The van der Waals surface area contributed by atoms with Crippen molar-refractivity contribution in [3.8, 4) is 0 Å². The molecule has 1 heterocycles. The predicted molar refractivity (Wildman–Crippen MR) is 73.6 cm³/mol. The Bertz CT molecular complexity index is 543. The third kappa shape index (κ3) is 3.20. The largest absolute Gasteiger partial charge is 0.303 e. The molecule has 2 rings (SSSR count). The molecule has 0 radical (unpaired) electrons. The normalized spacial score (nSPS) is 12.4. The molecule has 1 aliphatic rings. The lowest BCUT2D eigenvalue weighted by Crippen LogP contribution is -2.30. The van der Waals surface area contributed by atoms with Gasteiger partial charge in [0.2, 0.25) is 0 Å². The van der Waals surface area contributed by atoms with Crippen molar-refractivity contribution in [3.05, 3.63) is 59.5 Å². The Morgan fingerprint density at radius 2 is 2.00 bits per heavy atom. The highest BCUT2D eigenvalue weighted by atomic mass is 16.2. The first kappa shape index (κ1) is 12.8. The molecule has 0 spiro atoms. The van der Waals surface area contributed by atoms with Gasteiger partial charge in [-0.25, -0.2) is 10.8 Å². The summed E-state index contributed by atoms with van der Waals surface area (Å²) < 4.78 is 0. The number of carbonyl (C=O) groups is 1. The van der Waals surface area contributed by atoms with E-state index in [2.05, 4.69) is 21.3 Å². The van der Waals surface area contributed by atoms with E-state index in [1.54, 1.807) is 12.1 Å². The fourth-order valence-corrected chi connectivity index (χ4v) is 1.54. The first-order chi connectivity index (χ1) is 9.20. The Hall–Kier alpha value is -2.60. The van der Waals surface area contributed by atoms with E-state index in [0.29, 0.717) is 11.4 Å². The minimum atomic E-state index is -0.369. The predicted octanol–water partition coefficient (Wildman–Crippen LogP) is 1.00. The van der Waals surface area contributed by atoms with Crippen LogP contribution < -0.4 is 22.1 Å². The molecule has 1 aromatic heterocycles. The summed E-state index contributed by atoms with van der Waals surface area (Å²) in [6.07, 6.45) is 9.40. The molecule has 0 aromatic carbocycles. The number of nitrogens with two attached hydrogens (primary N) is 1. The van der Waals surface area contributed by atoms with Crippen LogP contribution in [0.25, 0.3) is 0 Å². The van der Waals surface area contributed by atoms with E-state index < -0.39 is 0 Å². The van der Waals surface area contributed by atoms with Gasteiger partial charge in [0.25, 0.3) is 5.91 Å². The van der Waals surface area contributed by atoms with Gasteiger partial charge in [-0.2, -0.15) is 0 Å². The van der Waals surface area contributed by atoms with Crippen molar-refractivity contribution >= 4 is 11.7 Å². The van der Waals surface area contributed by atoms with Crippen LogP contribution in [0, 0.1) is 0 Å². The molecule has 0 saturated heterocycles. The molecule has 0 aliphatic heterocycles. The minimum Gasteiger partial charge on any atom is -0.303 e. The molecule has 6 heteroatoms. The highest BCUT2D eigenvalue weighted by molar-refractivity contribution is 5.93. The van der Waals surface area contributed by atoms with Crippen LogP contribution in [0.1, 0.15) is 17.3 Å². The zero-order valence-electron chi connectivity index (χ0n) is 10.5. The van der Waals surface area contributed by atoms with Gasteiger partial charge in [-0.05, 0) is 24.6 Å². The van der Waals surface area contributed by atoms with Crippen LogP contribution in [0.15, 0.2) is 53.9 Å². The molecule has 1 aromatic rings. The van der Waals surface area contributed by atoms with E-state index in [-0.39, 0.29) is 5.91 Å². The molecule has 98 valence electrons. The Balaban J connectivity index is 1.97. The highest BCUT2D eigenvalue weighted by Crippen LogP contribution is 2.11. The summed E-state index contributed by atoms with van der Waals surface area (Å²) in [6, 6.07) is 3.33. The van der Waals surface area contributed by atoms with Gasteiger partial charge in [-0.1, -0.05) is 24.3 Å². The second-order valence-electron chi connectivity index (χ2n) is 3.95. The van der Waals surface area contributed by atoms with Crippen molar-refractivity contribution in [3.63, 3.8) is 0 Å². The van der Waals surface area contributed by atoms with Gasteiger partial charge in [0, 0.05) is 11.9 Å². The van der Waals surface area contributed by atoms with Crippen LogP contribution in [0.2, 0.25) is 0 Å². The average molecular weight is 257 g/mol. The Morgan fingerprint density at radius 1 is 1.26 bits per heavy atom. The summed E-state index contributed by atoms with van der Waals surface area (Å²) in [7, 11) is 0. The van der Waals surface area contributed by atoms with Gasteiger partial charge in [0.15, 0.2) is 0 Å². The number of hydrogen-bond acceptors (Lipinski definition) is 5. The number of nitrogen functional groups attached to an aromatic ring is 1. The zero-order valence-corrected chi connectivity index (χ0v) is 10.5. The molecule has 0 fully saturated rings. The number of aromatic nitrogens is 1. The van der Waals surface area contributed by atoms with E-state index in [1.165, 1.54) is 6.20 Å². The molecule has 1 aliphatic carbocycles. The SMILES string of the molecule is CC(NNc1ccc(C(=O)NN)cn1)=C1C=CC=C1. The number of hydrazine groups is 2. The summed E-state index contributed by atoms with van der Waals surface area (Å²) in [4.78, 5) is 15.3. The zero-order chi connectivity index (χ0) is 13.7. The maximum absolute atomic E-state index is 11.2. The smallest absolute Gasteiger partial charge is 0.266 e. The van der Waals surface area contributed by atoms with Crippen LogP contribution in [-0.2, 0) is 0 Å². The summed E-state index contributed by atoms with van der Waals surface area (Å²) in [6.45, 7) is 1.96. The summed E-state index contributed by atoms with van der Waals surface area (Å²) in [5.74, 6) is 5.28. The number of allylic oxidation sites excluding steroid dienone is 6. The second kappa shape index (κ2) is 5.83. The molecule has 0 saturated carbocycles. The lowest BCUT2D eigenvalue weighted by atomic mass is 10.2. The lowest BCUT2D eigenvalue weighted by Gasteiger charge is -2.10. The van der Waals surface area contributed by atoms with Gasteiger partial charge >= 0.3 is 0 Å². The van der Waals surface area contributed by atoms with E-state index >= 15 is 0 Å². The van der Waals surface area contributed by atoms with Crippen molar-refractivity contribution in [1.82, 2.24) is 15.8 Å². The third-order valence-corrected chi connectivity index (χ3v) is 2.63. The van der Waals surface area contributed by atoms with Crippen molar-refractivity contribution < 1.29 is 4.79 Å². The molecular formula is C13H15N5O. The van der Waals surface area contributed by atoms with E-state index in [1.807, 2.05) is 31.2 Å². The topological polar surface area (TPSA) is 92.1 Å². The Labute approximate surface area is 111 Å². The maximum Gasteiger partial charge on any atom is 0.266 e. The van der Waals surface area contributed by atoms with Gasteiger partial charge < -0.3 is 5.43 Å². The number of anilines is 1. The standard InChI is InChI=1S/C13H15N5O/c1-9(10-4-2-3-5-10)17-18-12-7-6-11(8-15-12)13(19)16-14/h2-8,17H,14H2,1H3,(H,15,18)(H,16,19). The number of amides is 1. The molecule has 6 nitrogen and oxygen atoms in total. The van der Waals surface area contributed by atoms with E-state index in [4.69, 9.17) is 5.84 Å². The van der Waals surface area contributed by atoms with E-state index in [9.17, 15) is 4.79 Å². The molecule has 0 bridgehead atoms. The van der Waals surface area contributed by atoms with Crippen LogP contribution in [0.5, 0.6) is 0 Å². The fraction of sp³-hybridized carbons (Fsp3) is 0.0769. The number of carbonyl (C=O) groups excluding carboxylic acids is 1. The minimum absolute atomic E-state index is 0.369. The highest BCUT2D eigenvalue weighted by Gasteiger charge is 2.04. The molecule has 0 atom stereocenters.